The van der Waals surface area contributed by atoms with Crippen LogP contribution in [-0.2, 0) is 4.74 Å². The highest BCUT2D eigenvalue weighted by Gasteiger charge is 2.25. The van der Waals surface area contributed by atoms with Gasteiger partial charge in [0, 0.05) is 27.3 Å². The zero-order chi connectivity index (χ0) is 14.8. The van der Waals surface area contributed by atoms with E-state index < -0.39 is 5.50 Å². The topological polar surface area (TPSA) is 56.8 Å². The largest absolute Gasteiger partial charge is 0.386 e. The van der Waals surface area contributed by atoms with Crippen LogP contribution in [0.15, 0.2) is 0 Å². The fraction of sp³-hybridized carbons (Fsp3) is 0.857. The van der Waals surface area contributed by atoms with E-state index in [9.17, 15) is 0 Å². The maximum absolute atomic E-state index is 8.38. The Labute approximate surface area is 119 Å². The van der Waals surface area contributed by atoms with Gasteiger partial charge < -0.3 is 9.22 Å². The van der Waals surface area contributed by atoms with Crippen molar-refractivity contribution in [3.63, 3.8) is 0 Å². The molecule has 1 rings (SSSR count). The van der Waals surface area contributed by atoms with E-state index in [0.717, 1.165) is 0 Å². The van der Waals surface area contributed by atoms with Gasteiger partial charge in [-0.25, -0.2) is 0 Å². The van der Waals surface area contributed by atoms with Gasteiger partial charge in [-0.2, -0.15) is 10.5 Å². The number of quaternary nitrogens is 1. The number of likely N-dealkylation sites (tertiary alicyclic amines) is 1. The molecule has 108 valence electrons. The fourth-order valence-corrected chi connectivity index (χ4v) is 2.10. The lowest BCUT2D eigenvalue weighted by atomic mass is 9.84. The van der Waals surface area contributed by atoms with E-state index in [4.69, 9.17) is 15.3 Å². The van der Waals surface area contributed by atoms with Crippen LogP contribution >= 0.6 is 0 Å². The first-order valence-electron chi connectivity index (χ1n) is 6.75. The minimum absolute atomic E-state index is 0.370. The lowest BCUT2D eigenvalue weighted by molar-refractivity contribution is -0.897. The molecular weight excluding hydrogens is 237 g/mol. The third kappa shape index (κ3) is 7.20. The highest BCUT2D eigenvalue weighted by Crippen LogP contribution is 2.16. The first-order chi connectivity index (χ1) is 8.95. The molecule has 0 saturated carbocycles. The van der Waals surface area contributed by atoms with E-state index in [1.54, 1.807) is 6.92 Å². The van der Waals surface area contributed by atoms with Crippen LogP contribution in [0.3, 0.4) is 0 Å². The smallest absolute Gasteiger partial charge is 0.101 e. The summed E-state index contributed by atoms with van der Waals surface area (Å²) in [4.78, 5) is 0. The molecule has 0 bridgehead atoms. The summed E-state index contributed by atoms with van der Waals surface area (Å²) >= 11 is 0. The van der Waals surface area contributed by atoms with E-state index in [0.29, 0.717) is 6.61 Å². The van der Waals surface area contributed by atoms with Crippen molar-refractivity contribution in [2.45, 2.75) is 45.0 Å². The summed E-state index contributed by atoms with van der Waals surface area (Å²) in [5, 5.41) is 16.8. The van der Waals surface area contributed by atoms with Crippen molar-refractivity contribution in [1.82, 2.24) is 0 Å². The molecule has 1 saturated heterocycles. The van der Waals surface area contributed by atoms with E-state index >= 15 is 0 Å². The van der Waals surface area contributed by atoms with E-state index in [1.165, 1.54) is 49.8 Å². The summed E-state index contributed by atoms with van der Waals surface area (Å²) in [5.41, 5.74) is -1.01. The normalized spacial score (nSPS) is 16.9. The average Bonchev–Trinajstić information content (AvgIpc) is 2.85. The van der Waals surface area contributed by atoms with Gasteiger partial charge >= 0.3 is 0 Å². The SMILES string of the molecule is CCCC[N+]1(C)CCCC1.[BH3-]C(C#N)(C#N)OCC. The van der Waals surface area contributed by atoms with Crippen molar-refractivity contribution >= 4 is 7.85 Å². The second-order valence-corrected chi connectivity index (χ2v) is 4.84. The molecular formula is C14H28BN3O. The Balaban J connectivity index is 0.000000344. The van der Waals surface area contributed by atoms with Crippen LogP contribution in [0.5, 0.6) is 0 Å². The van der Waals surface area contributed by atoms with Gasteiger partial charge in [0.05, 0.1) is 38.8 Å². The molecule has 1 aliphatic heterocycles. The predicted octanol–water partition coefficient (Wildman–Crippen LogP) is 1.16. The number of nitriles is 2. The Kier molecular flexibility index (Phi) is 8.47. The van der Waals surface area contributed by atoms with Crippen molar-refractivity contribution in [3.8, 4) is 12.1 Å². The fourth-order valence-electron chi connectivity index (χ4n) is 2.10. The molecule has 0 aromatic heterocycles. The summed E-state index contributed by atoms with van der Waals surface area (Å²) in [6.45, 7) is 8.79. The maximum Gasteiger partial charge on any atom is 0.101 e. The minimum Gasteiger partial charge on any atom is -0.386 e. The minimum atomic E-state index is -1.01. The zero-order valence-corrected chi connectivity index (χ0v) is 11.9. The van der Waals surface area contributed by atoms with Crippen molar-refractivity contribution in [1.29, 1.82) is 10.5 Å². The molecule has 1 fully saturated rings. The number of hydrogen-bond acceptors (Lipinski definition) is 3. The van der Waals surface area contributed by atoms with Crippen molar-refractivity contribution in [3.05, 3.63) is 0 Å². The summed E-state index contributed by atoms with van der Waals surface area (Å²) in [7, 11) is 2.04. The standard InChI is InChI=1S/C9H20N.C5H8BN2O/c1-3-4-7-10(2)8-5-6-9-10;1-2-9-5(6,3-7)4-8/h3-9H2,1-2H3;2H2,1,6H3/q+1;-1. The summed E-state index contributed by atoms with van der Waals surface area (Å²) in [6, 6.07) is 3.71. The Morgan fingerprint density at radius 2 is 1.74 bits per heavy atom. The Hall–Kier alpha value is -1.04. The van der Waals surface area contributed by atoms with Gasteiger partial charge in [0.25, 0.3) is 0 Å². The monoisotopic (exact) mass is 265 g/mol. The second kappa shape index (κ2) is 8.96. The maximum atomic E-state index is 8.38. The Bertz CT molecular complexity index is 313. The van der Waals surface area contributed by atoms with Gasteiger partial charge in [-0.05, 0) is 13.3 Å². The van der Waals surface area contributed by atoms with Gasteiger partial charge in [-0.1, -0.05) is 13.3 Å². The predicted molar refractivity (Wildman–Crippen MR) is 80.4 cm³/mol. The van der Waals surface area contributed by atoms with Crippen molar-refractivity contribution < 1.29 is 9.22 Å². The third-order valence-electron chi connectivity index (χ3n) is 3.19. The Morgan fingerprint density at radius 1 is 1.21 bits per heavy atom. The molecule has 0 aromatic rings. The lowest BCUT2D eigenvalue weighted by Gasteiger charge is -2.28. The van der Waals surface area contributed by atoms with Gasteiger partial charge in [0.15, 0.2) is 0 Å². The highest BCUT2D eigenvalue weighted by atomic mass is 16.5. The molecule has 5 heteroatoms. The molecule has 0 radical (unpaired) electrons. The highest BCUT2D eigenvalue weighted by molar-refractivity contribution is 6.18. The third-order valence-corrected chi connectivity index (χ3v) is 3.19. The number of ether oxygens (including phenoxy) is 1. The van der Waals surface area contributed by atoms with E-state index in [2.05, 4.69) is 14.0 Å². The Morgan fingerprint density at radius 3 is 2.05 bits per heavy atom. The molecule has 0 N–H and O–H groups in total. The molecule has 4 nitrogen and oxygen atoms in total. The van der Waals surface area contributed by atoms with Crippen molar-refractivity contribution in [2.75, 3.05) is 33.3 Å². The quantitative estimate of drug-likeness (QED) is 0.553. The van der Waals surface area contributed by atoms with Crippen LogP contribution in [0.25, 0.3) is 0 Å². The van der Waals surface area contributed by atoms with Crippen molar-refractivity contribution in [2.24, 2.45) is 0 Å². The number of unbranched alkanes of at least 4 members (excludes halogenated alkanes) is 1. The van der Waals surface area contributed by atoms with Crippen LogP contribution in [0.1, 0.15) is 39.5 Å². The summed E-state index contributed by atoms with van der Waals surface area (Å²) in [6.07, 6.45) is 5.69. The van der Waals surface area contributed by atoms with Crippen LogP contribution < -0.4 is 0 Å². The van der Waals surface area contributed by atoms with Gasteiger partial charge in [-0.3, -0.25) is 0 Å². The molecule has 0 unspecified atom stereocenters. The van der Waals surface area contributed by atoms with Crippen LogP contribution in [0.2, 0.25) is 0 Å². The summed E-state index contributed by atoms with van der Waals surface area (Å²) < 4.78 is 6.27. The molecule has 0 aromatic carbocycles. The molecule has 0 atom stereocenters. The molecule has 1 heterocycles. The number of hydrogen-bond donors (Lipinski definition) is 0. The second-order valence-electron chi connectivity index (χ2n) is 4.84. The molecule has 19 heavy (non-hydrogen) atoms. The van der Waals surface area contributed by atoms with Gasteiger partial charge in [0.2, 0.25) is 0 Å². The molecule has 1 aliphatic rings. The van der Waals surface area contributed by atoms with Gasteiger partial charge in [-0.15, -0.1) is 0 Å². The number of rotatable bonds is 5. The zero-order valence-electron chi connectivity index (χ0n) is 11.9. The number of nitrogens with zero attached hydrogens (tertiary/aromatic N) is 3. The molecule has 0 amide bonds. The van der Waals surface area contributed by atoms with Gasteiger partial charge in [0.1, 0.15) is 5.50 Å². The van der Waals surface area contributed by atoms with E-state index in [1.807, 2.05) is 12.1 Å². The molecule has 0 aliphatic carbocycles. The van der Waals surface area contributed by atoms with E-state index in [-0.39, 0.29) is 7.85 Å². The lowest BCUT2D eigenvalue weighted by Crippen LogP contribution is -2.41. The first-order valence-corrected chi connectivity index (χ1v) is 6.75. The van der Waals surface area contributed by atoms with Crippen LogP contribution in [-0.4, -0.2) is 51.1 Å². The average molecular weight is 265 g/mol. The summed E-state index contributed by atoms with van der Waals surface area (Å²) in [5.74, 6) is 0. The van der Waals surface area contributed by atoms with Crippen LogP contribution in [0.4, 0.5) is 0 Å². The molecule has 0 spiro atoms. The first kappa shape index (κ1) is 18.0. The van der Waals surface area contributed by atoms with Crippen LogP contribution in [0, 0.1) is 22.7 Å².